The molecule has 21 heavy (non-hydrogen) atoms. The highest BCUT2D eigenvalue weighted by atomic mass is 16.6. The van der Waals surface area contributed by atoms with Crippen LogP contribution in [0.15, 0.2) is 24.3 Å². The van der Waals surface area contributed by atoms with Crippen LogP contribution in [0.25, 0.3) is 0 Å². The number of carbonyl (C=O) groups is 1. The predicted molar refractivity (Wildman–Crippen MR) is 84.5 cm³/mol. The first-order chi connectivity index (χ1) is 10.2. The SMILES string of the molecule is CCOC(=O)N1CCN(c2ccc(C(N)CC)cc2)CC1. The van der Waals surface area contributed by atoms with Crippen molar-refractivity contribution >= 4 is 11.8 Å². The molecule has 2 rings (SSSR count). The largest absolute Gasteiger partial charge is 0.450 e. The number of piperazine rings is 1. The molecule has 1 aliphatic heterocycles. The minimum Gasteiger partial charge on any atom is -0.450 e. The molecule has 0 bridgehead atoms. The van der Waals surface area contributed by atoms with Crippen LogP contribution in [0.1, 0.15) is 31.9 Å². The van der Waals surface area contributed by atoms with Crippen LogP contribution in [-0.4, -0.2) is 43.8 Å². The molecule has 0 aromatic heterocycles. The molecule has 1 aliphatic rings. The van der Waals surface area contributed by atoms with Crippen molar-refractivity contribution in [2.75, 3.05) is 37.7 Å². The zero-order valence-electron chi connectivity index (χ0n) is 12.9. The maximum atomic E-state index is 11.7. The van der Waals surface area contributed by atoms with Crippen LogP contribution in [0.4, 0.5) is 10.5 Å². The first-order valence-electron chi connectivity index (χ1n) is 7.67. The van der Waals surface area contributed by atoms with Crippen molar-refractivity contribution in [3.8, 4) is 0 Å². The van der Waals surface area contributed by atoms with Gasteiger partial charge in [-0.05, 0) is 31.0 Å². The number of benzene rings is 1. The summed E-state index contributed by atoms with van der Waals surface area (Å²) in [4.78, 5) is 15.7. The highest BCUT2D eigenvalue weighted by molar-refractivity contribution is 5.68. The third kappa shape index (κ3) is 3.88. The van der Waals surface area contributed by atoms with Crippen molar-refractivity contribution < 1.29 is 9.53 Å². The number of nitrogens with two attached hydrogens (primary N) is 1. The standard InChI is InChI=1S/C16H25N3O2/c1-3-15(17)13-5-7-14(8-6-13)18-9-11-19(12-10-18)16(20)21-4-2/h5-8,15H,3-4,9-12,17H2,1-2H3. The lowest BCUT2D eigenvalue weighted by Gasteiger charge is -2.35. The van der Waals surface area contributed by atoms with E-state index >= 15 is 0 Å². The van der Waals surface area contributed by atoms with Crippen molar-refractivity contribution in [2.24, 2.45) is 5.73 Å². The van der Waals surface area contributed by atoms with Crippen molar-refractivity contribution in [2.45, 2.75) is 26.3 Å². The first kappa shape index (κ1) is 15.6. The van der Waals surface area contributed by atoms with Crippen LogP contribution in [0.3, 0.4) is 0 Å². The highest BCUT2D eigenvalue weighted by Crippen LogP contribution is 2.21. The van der Waals surface area contributed by atoms with Crippen molar-refractivity contribution in [3.05, 3.63) is 29.8 Å². The number of amides is 1. The smallest absolute Gasteiger partial charge is 0.409 e. The Morgan fingerprint density at radius 1 is 1.19 bits per heavy atom. The molecule has 1 heterocycles. The second kappa shape index (κ2) is 7.31. The van der Waals surface area contributed by atoms with E-state index in [0.717, 1.165) is 19.5 Å². The van der Waals surface area contributed by atoms with Gasteiger partial charge in [-0.3, -0.25) is 0 Å². The summed E-state index contributed by atoms with van der Waals surface area (Å²) >= 11 is 0. The highest BCUT2D eigenvalue weighted by Gasteiger charge is 2.22. The van der Waals surface area contributed by atoms with Gasteiger partial charge in [0.25, 0.3) is 0 Å². The third-order valence-electron chi connectivity index (χ3n) is 3.93. The predicted octanol–water partition coefficient (Wildman–Crippen LogP) is 2.37. The molecule has 1 unspecified atom stereocenters. The maximum absolute atomic E-state index is 11.7. The molecule has 0 aliphatic carbocycles. The van der Waals surface area contributed by atoms with E-state index in [-0.39, 0.29) is 12.1 Å². The van der Waals surface area contributed by atoms with Gasteiger partial charge in [0.15, 0.2) is 0 Å². The number of anilines is 1. The van der Waals surface area contributed by atoms with Gasteiger partial charge in [0.05, 0.1) is 6.61 Å². The van der Waals surface area contributed by atoms with E-state index in [4.69, 9.17) is 10.5 Å². The molecule has 1 saturated heterocycles. The van der Waals surface area contributed by atoms with E-state index in [1.165, 1.54) is 11.3 Å². The Balaban J connectivity index is 1.91. The fourth-order valence-corrected chi connectivity index (χ4v) is 2.53. The molecule has 1 fully saturated rings. The van der Waals surface area contributed by atoms with Gasteiger partial charge in [0.2, 0.25) is 0 Å². The zero-order valence-corrected chi connectivity index (χ0v) is 12.9. The van der Waals surface area contributed by atoms with E-state index in [2.05, 4.69) is 36.1 Å². The third-order valence-corrected chi connectivity index (χ3v) is 3.93. The molecular weight excluding hydrogens is 266 g/mol. The monoisotopic (exact) mass is 291 g/mol. The normalized spacial score (nSPS) is 16.7. The minimum absolute atomic E-state index is 0.111. The van der Waals surface area contributed by atoms with E-state index in [1.807, 2.05) is 6.92 Å². The number of carbonyl (C=O) groups excluding carboxylic acids is 1. The Hall–Kier alpha value is -1.75. The van der Waals surface area contributed by atoms with E-state index in [1.54, 1.807) is 4.90 Å². The first-order valence-corrected chi connectivity index (χ1v) is 7.67. The summed E-state index contributed by atoms with van der Waals surface area (Å²) < 4.78 is 5.03. The van der Waals surface area contributed by atoms with Crippen molar-refractivity contribution in [3.63, 3.8) is 0 Å². The number of hydrogen-bond donors (Lipinski definition) is 1. The molecule has 1 aromatic rings. The molecule has 5 nitrogen and oxygen atoms in total. The zero-order chi connectivity index (χ0) is 15.2. The van der Waals surface area contributed by atoms with Crippen molar-refractivity contribution in [1.82, 2.24) is 4.90 Å². The van der Waals surface area contributed by atoms with Crippen LogP contribution in [0.5, 0.6) is 0 Å². The number of rotatable bonds is 4. The fourth-order valence-electron chi connectivity index (χ4n) is 2.53. The molecule has 0 radical (unpaired) electrons. The van der Waals surface area contributed by atoms with E-state index in [0.29, 0.717) is 19.7 Å². The van der Waals surface area contributed by atoms with Gasteiger partial charge in [-0.1, -0.05) is 19.1 Å². The molecule has 5 heteroatoms. The van der Waals surface area contributed by atoms with Crippen LogP contribution in [0.2, 0.25) is 0 Å². The molecular formula is C16H25N3O2. The second-order valence-corrected chi connectivity index (χ2v) is 5.28. The van der Waals surface area contributed by atoms with Gasteiger partial charge >= 0.3 is 6.09 Å². The van der Waals surface area contributed by atoms with Crippen LogP contribution in [0, 0.1) is 0 Å². The minimum atomic E-state index is -0.207. The Kier molecular flexibility index (Phi) is 5.44. The Morgan fingerprint density at radius 2 is 1.81 bits per heavy atom. The van der Waals surface area contributed by atoms with Crippen LogP contribution < -0.4 is 10.6 Å². The summed E-state index contributed by atoms with van der Waals surface area (Å²) in [6, 6.07) is 8.54. The molecule has 116 valence electrons. The van der Waals surface area contributed by atoms with Crippen molar-refractivity contribution in [1.29, 1.82) is 0 Å². The quantitative estimate of drug-likeness (QED) is 0.925. The fraction of sp³-hybridized carbons (Fsp3) is 0.562. The van der Waals surface area contributed by atoms with Gasteiger partial charge < -0.3 is 20.3 Å². The number of hydrogen-bond acceptors (Lipinski definition) is 4. The molecule has 1 amide bonds. The Morgan fingerprint density at radius 3 is 2.33 bits per heavy atom. The molecule has 0 saturated carbocycles. The molecule has 1 atom stereocenters. The summed E-state index contributed by atoms with van der Waals surface area (Å²) in [5.74, 6) is 0. The van der Waals surface area contributed by atoms with Gasteiger partial charge in [0.1, 0.15) is 0 Å². The summed E-state index contributed by atoms with van der Waals surface area (Å²) in [5.41, 5.74) is 8.39. The lowest BCUT2D eigenvalue weighted by molar-refractivity contribution is 0.105. The van der Waals surface area contributed by atoms with Gasteiger partial charge in [-0.2, -0.15) is 0 Å². The lowest BCUT2D eigenvalue weighted by atomic mass is 10.0. The number of nitrogens with zero attached hydrogens (tertiary/aromatic N) is 2. The average molecular weight is 291 g/mol. The molecule has 2 N–H and O–H groups in total. The summed E-state index contributed by atoms with van der Waals surface area (Å²) in [6.45, 7) is 7.42. The summed E-state index contributed by atoms with van der Waals surface area (Å²) in [6.07, 6.45) is 0.735. The second-order valence-electron chi connectivity index (χ2n) is 5.28. The Labute approximate surface area is 126 Å². The van der Waals surface area contributed by atoms with E-state index in [9.17, 15) is 4.79 Å². The average Bonchev–Trinajstić information content (AvgIpc) is 2.54. The maximum Gasteiger partial charge on any atom is 0.409 e. The van der Waals surface area contributed by atoms with Crippen LogP contribution in [-0.2, 0) is 4.74 Å². The van der Waals surface area contributed by atoms with Crippen LogP contribution >= 0.6 is 0 Å². The van der Waals surface area contributed by atoms with Gasteiger partial charge in [-0.25, -0.2) is 4.79 Å². The summed E-state index contributed by atoms with van der Waals surface area (Å²) in [5, 5.41) is 0. The molecule has 1 aromatic carbocycles. The Bertz CT molecular complexity index is 453. The van der Waals surface area contributed by atoms with E-state index < -0.39 is 0 Å². The topological polar surface area (TPSA) is 58.8 Å². The summed E-state index contributed by atoms with van der Waals surface area (Å²) in [7, 11) is 0. The molecule has 0 spiro atoms. The number of ether oxygens (including phenoxy) is 1. The lowest BCUT2D eigenvalue weighted by Crippen LogP contribution is -2.49. The van der Waals surface area contributed by atoms with Gasteiger partial charge in [-0.15, -0.1) is 0 Å². The van der Waals surface area contributed by atoms with Gasteiger partial charge in [0, 0.05) is 37.9 Å².